The SMILES string of the molecule is CC#N.CC#N.CC#N.Cc1cccc(C)c1N=C1C(=NCCSc2ccc(Cl)cc2)c2cccc3cccc1c23.[Cl-].[Cl-].[Fe+2]. The van der Waals surface area contributed by atoms with Crippen LogP contribution in [-0.2, 0) is 17.1 Å². The first kappa shape index (κ1) is 42.8. The molecule has 0 atom stereocenters. The van der Waals surface area contributed by atoms with Gasteiger partial charge in [-0.25, -0.2) is 4.99 Å². The minimum absolute atomic E-state index is 0. The Hall–Kier alpha value is -3.31. The van der Waals surface area contributed by atoms with E-state index in [-0.39, 0.29) is 41.9 Å². The third kappa shape index (κ3) is 12.0. The number of benzene rings is 4. The van der Waals surface area contributed by atoms with Gasteiger partial charge in [0, 0.05) is 59.5 Å². The van der Waals surface area contributed by atoms with E-state index in [1.165, 1.54) is 58.7 Å². The van der Waals surface area contributed by atoms with E-state index in [1.54, 1.807) is 30.0 Å². The molecule has 0 saturated heterocycles. The first-order valence-corrected chi connectivity index (χ1v) is 14.3. The van der Waals surface area contributed by atoms with Gasteiger partial charge in [0.25, 0.3) is 0 Å². The van der Waals surface area contributed by atoms with Gasteiger partial charge in [-0.3, -0.25) is 4.99 Å². The van der Waals surface area contributed by atoms with Gasteiger partial charge in [0.1, 0.15) is 0 Å². The van der Waals surface area contributed by atoms with E-state index < -0.39 is 0 Å². The van der Waals surface area contributed by atoms with Crippen molar-refractivity contribution in [3.05, 3.63) is 106 Å². The van der Waals surface area contributed by atoms with Crippen molar-refractivity contribution < 1.29 is 41.9 Å². The molecular formula is C34H32Cl3FeN5S. The van der Waals surface area contributed by atoms with Crippen LogP contribution in [0.1, 0.15) is 43.0 Å². The van der Waals surface area contributed by atoms with Crippen molar-refractivity contribution >= 4 is 51.2 Å². The van der Waals surface area contributed by atoms with Crippen LogP contribution in [0.2, 0.25) is 5.02 Å². The summed E-state index contributed by atoms with van der Waals surface area (Å²) in [6.07, 6.45) is 0. The van der Waals surface area contributed by atoms with Crippen molar-refractivity contribution in [3.63, 3.8) is 0 Å². The van der Waals surface area contributed by atoms with E-state index in [4.69, 9.17) is 37.4 Å². The molecule has 5 nitrogen and oxygen atoms in total. The average molecular weight is 705 g/mol. The fourth-order valence-electron chi connectivity index (χ4n) is 4.21. The molecule has 0 amide bonds. The Kier molecular flexibility index (Phi) is 22.5. The van der Waals surface area contributed by atoms with Crippen molar-refractivity contribution in [2.24, 2.45) is 9.98 Å². The van der Waals surface area contributed by atoms with E-state index in [9.17, 15) is 0 Å². The van der Waals surface area contributed by atoms with Crippen molar-refractivity contribution in [2.75, 3.05) is 12.3 Å². The van der Waals surface area contributed by atoms with Crippen LogP contribution < -0.4 is 24.8 Å². The molecule has 0 heterocycles. The number of nitrogens with zero attached hydrogens (tertiary/aromatic N) is 5. The fraction of sp³-hybridized carbons (Fsp3) is 0.206. The van der Waals surface area contributed by atoms with Crippen LogP contribution in [0.15, 0.2) is 93.7 Å². The molecule has 228 valence electrons. The summed E-state index contributed by atoms with van der Waals surface area (Å²) in [5.41, 5.74) is 7.72. The molecule has 0 fully saturated rings. The number of aliphatic imine (C=N–C) groups is 2. The molecule has 0 saturated carbocycles. The summed E-state index contributed by atoms with van der Waals surface area (Å²) in [6.45, 7) is 9.25. The molecule has 4 aromatic carbocycles. The summed E-state index contributed by atoms with van der Waals surface area (Å²) < 4.78 is 0. The first-order valence-electron chi connectivity index (χ1n) is 12.9. The largest absolute Gasteiger partial charge is 2.00 e. The molecule has 0 N–H and O–H groups in total. The minimum atomic E-state index is 0. The molecule has 0 unspecified atom stereocenters. The van der Waals surface area contributed by atoms with E-state index in [0.717, 1.165) is 34.4 Å². The molecule has 0 spiro atoms. The van der Waals surface area contributed by atoms with Gasteiger partial charge in [-0.2, -0.15) is 15.8 Å². The third-order valence-electron chi connectivity index (χ3n) is 5.75. The predicted molar refractivity (Wildman–Crippen MR) is 174 cm³/mol. The monoisotopic (exact) mass is 703 g/mol. The molecule has 0 bridgehead atoms. The van der Waals surface area contributed by atoms with Crippen LogP contribution >= 0.6 is 23.4 Å². The normalized spacial score (nSPS) is 11.6. The summed E-state index contributed by atoms with van der Waals surface area (Å²) >= 11 is 7.80. The van der Waals surface area contributed by atoms with Crippen LogP contribution in [0.25, 0.3) is 10.8 Å². The summed E-state index contributed by atoms with van der Waals surface area (Å²) in [5.74, 6) is 0.897. The maximum atomic E-state index is 7.32. The Labute approximate surface area is 293 Å². The smallest absolute Gasteiger partial charge is 1.00 e. The van der Waals surface area contributed by atoms with Gasteiger partial charge >= 0.3 is 17.1 Å². The van der Waals surface area contributed by atoms with E-state index in [1.807, 2.05) is 12.1 Å². The third-order valence-corrected chi connectivity index (χ3v) is 6.99. The first-order chi connectivity index (χ1) is 19.9. The molecule has 1 aliphatic rings. The van der Waals surface area contributed by atoms with Crippen molar-refractivity contribution in [1.29, 1.82) is 15.8 Å². The van der Waals surface area contributed by atoms with Crippen LogP contribution in [0.5, 0.6) is 0 Å². The Morgan fingerprint density at radius 3 is 1.66 bits per heavy atom. The topological polar surface area (TPSA) is 96.1 Å². The zero-order chi connectivity index (χ0) is 30.2. The maximum Gasteiger partial charge on any atom is 2.00 e. The Bertz CT molecular complexity index is 1610. The number of thioether (sulfide) groups is 1. The van der Waals surface area contributed by atoms with Crippen molar-refractivity contribution in [3.8, 4) is 18.2 Å². The second kappa shape index (κ2) is 23.1. The van der Waals surface area contributed by atoms with Crippen molar-refractivity contribution in [2.45, 2.75) is 39.5 Å². The Morgan fingerprint density at radius 1 is 0.705 bits per heavy atom. The second-order valence-electron chi connectivity index (χ2n) is 8.61. The van der Waals surface area contributed by atoms with Crippen LogP contribution in [0, 0.1) is 47.8 Å². The van der Waals surface area contributed by atoms with Crippen LogP contribution in [0.4, 0.5) is 5.69 Å². The number of halogens is 3. The van der Waals surface area contributed by atoms with Crippen LogP contribution in [0.3, 0.4) is 0 Å². The van der Waals surface area contributed by atoms with Gasteiger partial charge in [-0.15, -0.1) is 11.8 Å². The van der Waals surface area contributed by atoms with E-state index in [2.05, 4.69) is 80.6 Å². The van der Waals surface area contributed by atoms with Crippen LogP contribution in [-0.4, -0.2) is 23.7 Å². The molecule has 1 aliphatic carbocycles. The molecule has 5 rings (SSSR count). The number of hydrogen-bond acceptors (Lipinski definition) is 6. The number of nitriles is 3. The Morgan fingerprint density at radius 2 is 1.16 bits per heavy atom. The van der Waals surface area contributed by atoms with Crippen molar-refractivity contribution in [1.82, 2.24) is 0 Å². The van der Waals surface area contributed by atoms with E-state index >= 15 is 0 Å². The average Bonchev–Trinajstić information content (AvgIpc) is 3.25. The molecule has 0 aliphatic heterocycles. The quantitative estimate of drug-likeness (QED) is 0.181. The Balaban J connectivity index is 0. The van der Waals surface area contributed by atoms with Gasteiger partial charge in [0.15, 0.2) is 0 Å². The zero-order valence-corrected chi connectivity index (χ0v) is 29.2. The second-order valence-corrected chi connectivity index (χ2v) is 10.2. The number of para-hydroxylation sites is 1. The molecular weight excluding hydrogens is 673 g/mol. The van der Waals surface area contributed by atoms with Gasteiger partial charge in [-0.1, -0.05) is 66.2 Å². The molecule has 0 radical (unpaired) electrons. The summed E-state index contributed by atoms with van der Waals surface area (Å²) in [6, 6.07) is 32.4. The summed E-state index contributed by atoms with van der Waals surface area (Å²) in [7, 11) is 0. The number of rotatable bonds is 5. The molecule has 4 aromatic rings. The number of aryl methyl sites for hydroxylation is 2. The molecule has 0 aromatic heterocycles. The predicted octanol–water partition coefficient (Wildman–Crippen LogP) is 3.42. The van der Waals surface area contributed by atoms with Gasteiger partial charge in [0.05, 0.1) is 35.3 Å². The summed E-state index contributed by atoms with van der Waals surface area (Å²) in [4.78, 5) is 11.5. The standard InChI is InChI=1S/C28H23ClN2S.3C2H3N.2ClH.Fe/c1-18-6-3-7-19(2)26(18)31-28-24-11-5-9-20-8-4-10-23(25(20)24)27(28)30-16-17-32-22-14-12-21(29)13-15-22;3*1-2-3;;;/h3-15H,16-17H2,1-2H3;3*1H3;2*1H;/q;;;;;;+2/p-2. The molecule has 10 heteroatoms. The summed E-state index contributed by atoms with van der Waals surface area (Å²) in [5, 5.41) is 25.2. The molecule has 44 heavy (non-hydrogen) atoms. The minimum Gasteiger partial charge on any atom is -1.00 e. The number of hydrogen-bond donors (Lipinski definition) is 0. The van der Waals surface area contributed by atoms with Gasteiger partial charge in [-0.05, 0) is 54.6 Å². The maximum absolute atomic E-state index is 7.32. The fourth-order valence-corrected chi connectivity index (χ4v) is 5.08. The zero-order valence-electron chi connectivity index (χ0n) is 25.1. The van der Waals surface area contributed by atoms with Gasteiger partial charge in [0.2, 0.25) is 0 Å². The van der Waals surface area contributed by atoms with Gasteiger partial charge < -0.3 is 24.8 Å². The van der Waals surface area contributed by atoms with E-state index in [0.29, 0.717) is 0 Å².